The fourth-order valence-corrected chi connectivity index (χ4v) is 3.50. The first-order valence-corrected chi connectivity index (χ1v) is 7.57. The molecule has 0 radical (unpaired) electrons. The number of carbonyl (C=O) groups is 3. The summed E-state index contributed by atoms with van der Waals surface area (Å²) in [5, 5.41) is -1.19. The second-order valence-corrected chi connectivity index (χ2v) is 6.20. The average Bonchev–Trinajstić information content (AvgIpc) is 2.43. The molecule has 0 bridgehead atoms. The highest BCUT2D eigenvalue weighted by Crippen LogP contribution is 2.38. The van der Waals surface area contributed by atoms with Crippen LogP contribution in [-0.2, 0) is 9.59 Å². The van der Waals surface area contributed by atoms with Gasteiger partial charge in [-0.1, -0.05) is 0 Å². The molecule has 1 aromatic rings. The highest BCUT2D eigenvalue weighted by Gasteiger charge is 2.30. The van der Waals surface area contributed by atoms with Crippen molar-refractivity contribution in [3.05, 3.63) is 23.8 Å². The van der Waals surface area contributed by atoms with Gasteiger partial charge in [0.2, 0.25) is 11.1 Å². The Balaban J connectivity index is 2.37. The topological polar surface area (TPSA) is 54.5 Å². The summed E-state index contributed by atoms with van der Waals surface area (Å²) in [5.74, 6) is -0.445. The maximum atomic E-state index is 12.5. The Bertz CT molecular complexity index is 608. The summed E-state index contributed by atoms with van der Waals surface area (Å²) < 4.78 is 12.5. The van der Waals surface area contributed by atoms with Crippen LogP contribution in [0.15, 0.2) is 23.1 Å². The molecule has 0 spiro atoms. The maximum Gasteiger partial charge on any atom is 0.235 e. The highest BCUT2D eigenvalue weighted by atomic mass is 35.5. The molecule has 1 heterocycles. The van der Waals surface area contributed by atoms with Crippen molar-refractivity contribution < 1.29 is 18.8 Å². The van der Waals surface area contributed by atoms with E-state index in [0.29, 0.717) is 16.1 Å². The lowest BCUT2D eigenvalue weighted by atomic mass is 10.0. The molecule has 0 saturated carbocycles. The lowest BCUT2D eigenvalue weighted by Gasteiger charge is -2.24. The van der Waals surface area contributed by atoms with Crippen LogP contribution in [0.3, 0.4) is 0 Å². The molecule has 1 aromatic carbocycles. The molecule has 1 amide bonds. The Kier molecular flexibility index (Phi) is 5.00. The van der Waals surface area contributed by atoms with Gasteiger partial charge in [-0.05, 0) is 29.8 Å². The summed E-state index contributed by atoms with van der Waals surface area (Å²) >= 11 is 6.66. The van der Waals surface area contributed by atoms with E-state index in [1.807, 2.05) is 0 Å². The number of alkyl halides is 1. The highest BCUT2D eigenvalue weighted by molar-refractivity contribution is 8.01. The van der Waals surface area contributed by atoms with E-state index >= 15 is 0 Å². The zero-order chi connectivity index (χ0) is 15.6. The van der Waals surface area contributed by atoms with E-state index < -0.39 is 17.2 Å². The number of fused-ring (bicyclic) bond motifs is 1. The second kappa shape index (κ2) is 6.58. The van der Waals surface area contributed by atoms with Crippen LogP contribution in [0.2, 0.25) is 0 Å². The van der Waals surface area contributed by atoms with Crippen LogP contribution in [-0.4, -0.2) is 35.4 Å². The minimum Gasteiger partial charge on any atom is -0.310 e. The molecule has 2 rings (SSSR count). The van der Waals surface area contributed by atoms with Gasteiger partial charge in [-0.15, -0.1) is 11.8 Å². The zero-order valence-corrected chi connectivity index (χ0v) is 12.8. The fourth-order valence-electron chi connectivity index (χ4n) is 2.16. The molecule has 1 atom stereocenters. The second-order valence-electron chi connectivity index (χ2n) is 4.58. The van der Waals surface area contributed by atoms with Gasteiger partial charge in [0.25, 0.3) is 0 Å². The van der Waals surface area contributed by atoms with E-state index in [1.165, 1.54) is 23.6 Å². The predicted octanol–water partition coefficient (Wildman–Crippen LogP) is 2.82. The Morgan fingerprint density at radius 1 is 1.48 bits per heavy atom. The number of amides is 1. The number of thioether (sulfide) groups is 1. The third-order valence-corrected chi connectivity index (χ3v) is 4.81. The molecule has 0 aliphatic carbocycles. The predicted molar refractivity (Wildman–Crippen MR) is 79.9 cm³/mol. The molecule has 21 heavy (non-hydrogen) atoms. The Hall–Kier alpha value is -1.40. The molecule has 4 nitrogen and oxygen atoms in total. The third kappa shape index (κ3) is 3.44. The van der Waals surface area contributed by atoms with Gasteiger partial charge in [-0.2, -0.15) is 0 Å². The van der Waals surface area contributed by atoms with Crippen molar-refractivity contribution >= 4 is 46.0 Å². The number of benzene rings is 1. The maximum absolute atomic E-state index is 12.5. The molecule has 1 aliphatic rings. The normalized spacial score (nSPS) is 17.3. The molecule has 7 heteroatoms. The Labute approximate surface area is 130 Å². The van der Waals surface area contributed by atoms with Crippen LogP contribution in [0.1, 0.15) is 23.7 Å². The third-order valence-electron chi connectivity index (χ3n) is 3.16. The number of rotatable bonds is 4. The number of hydrogen-bond acceptors (Lipinski definition) is 4. The Morgan fingerprint density at radius 2 is 2.19 bits per heavy atom. The van der Waals surface area contributed by atoms with Gasteiger partial charge in [0.15, 0.2) is 5.78 Å². The minimum absolute atomic E-state index is 0.0510. The molecule has 1 unspecified atom stereocenters. The van der Waals surface area contributed by atoms with Crippen LogP contribution in [0, 0.1) is 0 Å². The van der Waals surface area contributed by atoms with E-state index in [4.69, 9.17) is 11.6 Å². The number of nitrogens with zero attached hydrogens (tertiary/aromatic N) is 1. The van der Waals surface area contributed by atoms with Gasteiger partial charge in [0.05, 0.1) is 11.8 Å². The molecule has 0 saturated heterocycles. The number of anilines is 1. The van der Waals surface area contributed by atoms with Crippen molar-refractivity contribution in [2.45, 2.75) is 23.5 Å². The quantitative estimate of drug-likeness (QED) is 0.797. The summed E-state index contributed by atoms with van der Waals surface area (Å²) in [4.78, 5) is 36.7. The van der Waals surface area contributed by atoms with Gasteiger partial charge >= 0.3 is 0 Å². The molecular weight excluding hydrogens is 317 g/mol. The molecule has 0 fully saturated rings. The zero-order valence-electron chi connectivity index (χ0n) is 11.3. The van der Waals surface area contributed by atoms with Gasteiger partial charge in [0, 0.05) is 29.5 Å². The van der Waals surface area contributed by atoms with Crippen molar-refractivity contribution in [3.63, 3.8) is 0 Å². The monoisotopic (exact) mass is 329 g/mol. The summed E-state index contributed by atoms with van der Waals surface area (Å²) in [6, 6.07) is 4.83. The standard InChI is InChI=1S/C14H13ClFNO3S/c1-8(18)17(5-4-16)9-2-3-10-11(19)7-13(14(15)20)21-12(10)6-9/h2-3,6,13H,4-5,7H2,1H3. The number of ketones is 1. The van der Waals surface area contributed by atoms with E-state index in [9.17, 15) is 18.8 Å². The lowest BCUT2D eigenvalue weighted by Crippen LogP contribution is -2.31. The number of hydrogen-bond donors (Lipinski definition) is 0. The van der Waals surface area contributed by atoms with Gasteiger partial charge in [-0.25, -0.2) is 4.39 Å². The molecule has 0 N–H and O–H groups in total. The van der Waals surface area contributed by atoms with Crippen molar-refractivity contribution in [2.24, 2.45) is 0 Å². The van der Waals surface area contributed by atoms with Crippen molar-refractivity contribution in [2.75, 3.05) is 18.1 Å². The molecule has 112 valence electrons. The van der Waals surface area contributed by atoms with Crippen LogP contribution < -0.4 is 4.90 Å². The van der Waals surface area contributed by atoms with E-state index in [-0.39, 0.29) is 24.7 Å². The smallest absolute Gasteiger partial charge is 0.235 e. The largest absolute Gasteiger partial charge is 0.310 e. The van der Waals surface area contributed by atoms with E-state index in [2.05, 4.69) is 0 Å². The van der Waals surface area contributed by atoms with Gasteiger partial charge in [0.1, 0.15) is 6.67 Å². The van der Waals surface area contributed by atoms with Crippen LogP contribution in [0.4, 0.5) is 10.1 Å². The minimum atomic E-state index is -0.661. The number of Topliss-reactive ketones (excluding diaryl/α,β-unsaturated/α-hetero) is 1. The molecule has 0 aromatic heterocycles. The first-order valence-electron chi connectivity index (χ1n) is 6.31. The molecule has 1 aliphatic heterocycles. The van der Waals surface area contributed by atoms with E-state index in [0.717, 1.165) is 0 Å². The summed E-state index contributed by atoms with van der Waals surface area (Å²) in [7, 11) is 0. The average molecular weight is 330 g/mol. The first-order chi connectivity index (χ1) is 9.93. The van der Waals surface area contributed by atoms with Crippen LogP contribution >= 0.6 is 23.4 Å². The fraction of sp³-hybridized carbons (Fsp3) is 0.357. The Morgan fingerprint density at radius 3 is 2.76 bits per heavy atom. The van der Waals surface area contributed by atoms with Crippen molar-refractivity contribution in [3.8, 4) is 0 Å². The van der Waals surface area contributed by atoms with Gasteiger partial charge in [-0.3, -0.25) is 14.4 Å². The van der Waals surface area contributed by atoms with Crippen molar-refractivity contribution in [1.82, 2.24) is 0 Å². The van der Waals surface area contributed by atoms with Gasteiger partial charge < -0.3 is 4.90 Å². The first kappa shape index (κ1) is 16.0. The van der Waals surface area contributed by atoms with E-state index in [1.54, 1.807) is 18.2 Å². The SMILES string of the molecule is CC(=O)N(CCF)c1ccc2c(c1)SC(C(=O)Cl)CC2=O. The summed E-state index contributed by atoms with van der Waals surface area (Å²) in [6.07, 6.45) is 0.0697. The number of halogens is 2. The molecular formula is C14H13ClFNO3S. The lowest BCUT2D eigenvalue weighted by molar-refractivity contribution is -0.116. The van der Waals surface area contributed by atoms with Crippen molar-refractivity contribution in [1.29, 1.82) is 0 Å². The van der Waals surface area contributed by atoms with Crippen LogP contribution in [0.5, 0.6) is 0 Å². The van der Waals surface area contributed by atoms with Crippen LogP contribution in [0.25, 0.3) is 0 Å². The summed E-state index contributed by atoms with van der Waals surface area (Å²) in [5.41, 5.74) is 1.00. The number of carbonyl (C=O) groups excluding carboxylic acids is 3. The summed E-state index contributed by atoms with van der Waals surface area (Å²) in [6.45, 7) is 0.634.